The molecule has 3 saturated carbocycles. The van der Waals surface area contributed by atoms with Crippen LogP contribution in [-0.4, -0.2) is 16.2 Å². The summed E-state index contributed by atoms with van der Waals surface area (Å²) in [6.45, 7) is 13.2. The highest BCUT2D eigenvalue weighted by Crippen LogP contribution is 2.67. The second-order valence-corrected chi connectivity index (χ2v) is 15.1. The highest BCUT2D eigenvalue weighted by Gasteiger charge is 2.59. The number of aromatic nitrogens is 1. The lowest BCUT2D eigenvalue weighted by atomic mass is 9.47. The number of hydrogen-bond donors (Lipinski definition) is 1. The van der Waals surface area contributed by atoms with Crippen LogP contribution in [-0.2, 0) is 11.3 Å². The molecule has 3 nitrogen and oxygen atoms in total. The second kappa shape index (κ2) is 11.1. The molecule has 0 radical (unpaired) electrons. The van der Waals surface area contributed by atoms with Crippen LogP contribution in [0.25, 0.3) is 10.9 Å². The van der Waals surface area contributed by atoms with Gasteiger partial charge in [-0.15, -0.1) is 0 Å². The normalized spacial score (nSPS) is 36.1. The number of hydrogen-bond acceptors (Lipinski definition) is 3. The summed E-state index contributed by atoms with van der Waals surface area (Å²) in [7, 11) is 0. The molecule has 3 fully saturated rings. The van der Waals surface area contributed by atoms with E-state index in [1.807, 2.05) is 18.2 Å². The summed E-state index contributed by atoms with van der Waals surface area (Å²) in [5, 5.41) is 11.2. The number of allylic oxidation sites excluding steroid dienone is 1. The Hall–Kier alpha value is -1.87. The second-order valence-electron chi connectivity index (χ2n) is 15.1. The molecule has 0 bridgehead atoms. The van der Waals surface area contributed by atoms with Gasteiger partial charge in [-0.1, -0.05) is 77.7 Å². The maximum Gasteiger partial charge on any atom is 0.141 e. The topological polar surface area (TPSA) is 42.4 Å². The Bertz CT molecular complexity index is 1230. The molecule has 1 aromatic carbocycles. The van der Waals surface area contributed by atoms with Crippen LogP contribution in [0.15, 0.2) is 42.1 Å². The Morgan fingerprint density at radius 2 is 1.85 bits per heavy atom. The molecule has 0 amide bonds. The zero-order chi connectivity index (χ0) is 28.1. The first-order valence-corrected chi connectivity index (χ1v) is 16.6. The van der Waals surface area contributed by atoms with Gasteiger partial charge in [0.15, 0.2) is 0 Å². The Kier molecular flexibility index (Phi) is 7.83. The van der Waals surface area contributed by atoms with Gasteiger partial charge in [0.25, 0.3) is 0 Å². The van der Waals surface area contributed by atoms with E-state index in [1.54, 1.807) is 17.8 Å². The first-order valence-electron chi connectivity index (χ1n) is 16.6. The number of fused-ring (bicyclic) bond motifs is 6. The van der Waals surface area contributed by atoms with Crippen LogP contribution in [0.2, 0.25) is 0 Å². The van der Waals surface area contributed by atoms with Gasteiger partial charge in [0.2, 0.25) is 0 Å². The van der Waals surface area contributed by atoms with Crippen LogP contribution in [0.3, 0.4) is 0 Å². The fourth-order valence-corrected chi connectivity index (χ4v) is 10.3. The van der Waals surface area contributed by atoms with Gasteiger partial charge in [0, 0.05) is 11.6 Å². The summed E-state index contributed by atoms with van der Waals surface area (Å²) in [4.78, 5) is 4.38. The molecular weight excluding hydrogens is 490 g/mol. The van der Waals surface area contributed by atoms with Gasteiger partial charge in [-0.3, -0.25) is 4.98 Å². The molecule has 8 atom stereocenters. The standard InChI is InChI=1S/C37H53NO2/c1-24(2)8-6-9-25(3)31-14-15-32-30-13-12-27-22-28(17-19-36(27,4)33(30)18-20-37(31,32)5)40-23-26-11-16-34(39)35-29(26)10-7-21-38-35/h7,10-12,16,21,24-25,28,30-33,39H,6,8-9,13-15,17-20,22-23H2,1-5H3/t25-,28?,30+,31-,32+,33+,36+,37-/m1/s1. The van der Waals surface area contributed by atoms with E-state index in [-0.39, 0.29) is 11.9 Å². The monoisotopic (exact) mass is 543 g/mol. The van der Waals surface area contributed by atoms with Crippen molar-refractivity contribution in [2.45, 2.75) is 118 Å². The number of nitrogens with zero attached hydrogens (tertiary/aromatic N) is 1. The van der Waals surface area contributed by atoms with Gasteiger partial charge < -0.3 is 9.84 Å². The first kappa shape index (κ1) is 28.3. The Balaban J connectivity index is 1.12. The fourth-order valence-electron chi connectivity index (χ4n) is 10.3. The third-order valence-electron chi connectivity index (χ3n) is 12.6. The van der Waals surface area contributed by atoms with E-state index in [4.69, 9.17) is 4.74 Å². The molecule has 0 aliphatic heterocycles. The summed E-state index contributed by atoms with van der Waals surface area (Å²) in [6, 6.07) is 7.73. The van der Waals surface area contributed by atoms with Crippen LogP contribution in [0.1, 0.15) is 111 Å². The molecular formula is C37H53NO2. The predicted octanol–water partition coefficient (Wildman–Crippen LogP) is 9.87. The molecule has 1 aromatic heterocycles. The fraction of sp³-hybridized carbons (Fsp3) is 0.703. The SMILES string of the molecule is CC(C)CCC[C@@H](C)[C@H]1CC[C@H]2[C@@H]3CC=C4CC(OCc5ccc(O)c6ncccc56)CC[C@]4(C)[C@H]3CC[C@]12C. The van der Waals surface area contributed by atoms with Crippen LogP contribution in [0.4, 0.5) is 0 Å². The minimum Gasteiger partial charge on any atom is -0.506 e. The van der Waals surface area contributed by atoms with E-state index < -0.39 is 0 Å². The molecule has 6 rings (SSSR count). The lowest BCUT2D eigenvalue weighted by Crippen LogP contribution is -2.51. The average molecular weight is 544 g/mol. The predicted molar refractivity (Wildman–Crippen MR) is 165 cm³/mol. The number of pyridine rings is 1. The van der Waals surface area contributed by atoms with Crippen molar-refractivity contribution in [3.63, 3.8) is 0 Å². The molecule has 3 heteroatoms. The van der Waals surface area contributed by atoms with Gasteiger partial charge in [-0.25, -0.2) is 0 Å². The van der Waals surface area contributed by atoms with Gasteiger partial charge in [-0.2, -0.15) is 0 Å². The minimum absolute atomic E-state index is 0.243. The summed E-state index contributed by atoms with van der Waals surface area (Å²) in [5.41, 5.74) is 4.40. The number of rotatable bonds is 8. The van der Waals surface area contributed by atoms with Crippen LogP contribution < -0.4 is 0 Å². The zero-order valence-electron chi connectivity index (χ0n) is 25.8. The Morgan fingerprint density at radius 1 is 1.00 bits per heavy atom. The molecule has 4 aliphatic rings. The highest BCUT2D eigenvalue weighted by molar-refractivity contribution is 5.87. The van der Waals surface area contributed by atoms with Gasteiger partial charge >= 0.3 is 0 Å². The van der Waals surface area contributed by atoms with E-state index in [1.165, 1.54) is 57.8 Å². The molecule has 218 valence electrons. The maximum absolute atomic E-state index is 10.2. The van der Waals surface area contributed by atoms with E-state index >= 15 is 0 Å². The van der Waals surface area contributed by atoms with E-state index in [2.05, 4.69) is 45.7 Å². The first-order chi connectivity index (χ1) is 19.2. The highest BCUT2D eigenvalue weighted by atomic mass is 16.5. The molecule has 4 aliphatic carbocycles. The van der Waals surface area contributed by atoms with Gasteiger partial charge in [0.05, 0.1) is 12.7 Å². The van der Waals surface area contributed by atoms with Crippen LogP contribution in [0.5, 0.6) is 5.75 Å². The molecule has 1 unspecified atom stereocenters. The lowest BCUT2D eigenvalue weighted by molar-refractivity contribution is -0.0656. The van der Waals surface area contributed by atoms with Gasteiger partial charge in [-0.05, 0) is 115 Å². The Labute approximate surface area is 243 Å². The van der Waals surface area contributed by atoms with Crippen molar-refractivity contribution in [3.8, 4) is 5.75 Å². The van der Waals surface area contributed by atoms with E-state index in [9.17, 15) is 5.11 Å². The van der Waals surface area contributed by atoms with Crippen molar-refractivity contribution in [3.05, 3.63) is 47.7 Å². The maximum atomic E-state index is 10.2. The van der Waals surface area contributed by atoms with Gasteiger partial charge in [0.1, 0.15) is 11.3 Å². The van der Waals surface area contributed by atoms with Crippen LogP contribution >= 0.6 is 0 Å². The smallest absolute Gasteiger partial charge is 0.141 e. The molecule has 1 heterocycles. The molecule has 0 spiro atoms. The third kappa shape index (κ3) is 4.93. The molecule has 2 aromatic rings. The summed E-state index contributed by atoms with van der Waals surface area (Å²) in [5.74, 6) is 5.55. The Morgan fingerprint density at radius 3 is 2.67 bits per heavy atom. The number of benzene rings is 1. The summed E-state index contributed by atoms with van der Waals surface area (Å²) < 4.78 is 6.57. The number of phenols is 1. The third-order valence-corrected chi connectivity index (χ3v) is 12.6. The molecule has 1 N–H and O–H groups in total. The number of ether oxygens (including phenoxy) is 1. The quantitative estimate of drug-likeness (QED) is 0.337. The van der Waals surface area contributed by atoms with Crippen molar-refractivity contribution >= 4 is 10.9 Å². The largest absolute Gasteiger partial charge is 0.506 e. The van der Waals surface area contributed by atoms with E-state index in [0.29, 0.717) is 23.0 Å². The van der Waals surface area contributed by atoms with E-state index in [0.717, 1.165) is 59.3 Å². The zero-order valence-corrected chi connectivity index (χ0v) is 25.8. The van der Waals surface area contributed by atoms with Crippen molar-refractivity contribution in [1.29, 1.82) is 0 Å². The van der Waals surface area contributed by atoms with Crippen LogP contribution in [0, 0.1) is 46.3 Å². The molecule has 40 heavy (non-hydrogen) atoms. The van der Waals surface area contributed by atoms with Crippen molar-refractivity contribution in [2.24, 2.45) is 46.3 Å². The minimum atomic E-state index is 0.243. The lowest BCUT2D eigenvalue weighted by Gasteiger charge is -2.58. The van der Waals surface area contributed by atoms with Crippen molar-refractivity contribution < 1.29 is 9.84 Å². The summed E-state index contributed by atoms with van der Waals surface area (Å²) in [6.07, 6.45) is 19.6. The molecule has 0 saturated heterocycles. The number of phenolic OH excluding ortho intramolecular Hbond substituents is 1. The summed E-state index contributed by atoms with van der Waals surface area (Å²) >= 11 is 0. The van der Waals surface area contributed by atoms with Crippen molar-refractivity contribution in [2.75, 3.05) is 0 Å². The van der Waals surface area contributed by atoms with Crippen molar-refractivity contribution in [1.82, 2.24) is 4.98 Å². The average Bonchev–Trinajstić information content (AvgIpc) is 3.30. The number of aromatic hydroxyl groups is 1.